The van der Waals surface area contributed by atoms with Gasteiger partial charge in [-0.1, -0.05) is 42.3 Å². The third-order valence-electron chi connectivity index (χ3n) is 5.25. The Morgan fingerprint density at radius 1 is 1.03 bits per heavy atom. The van der Waals surface area contributed by atoms with Crippen LogP contribution in [0.3, 0.4) is 0 Å². The number of ether oxygens (including phenoxy) is 1. The van der Waals surface area contributed by atoms with Crippen molar-refractivity contribution in [2.75, 3.05) is 13.2 Å². The number of aromatic nitrogens is 2. The first-order valence-electron chi connectivity index (χ1n) is 10.9. The summed E-state index contributed by atoms with van der Waals surface area (Å²) in [6.45, 7) is 1.83. The van der Waals surface area contributed by atoms with Gasteiger partial charge < -0.3 is 19.0 Å². The molecule has 0 spiro atoms. The van der Waals surface area contributed by atoms with E-state index in [1.54, 1.807) is 12.1 Å². The Labute approximate surface area is 192 Å². The molecular weight excluding hydrogens is 426 g/mol. The number of benzene rings is 2. The Morgan fingerprint density at radius 3 is 2.72 bits per heavy atom. The monoisotopic (exact) mass is 451 g/mol. The zero-order valence-corrected chi connectivity index (χ0v) is 18.6. The van der Waals surface area contributed by atoms with Gasteiger partial charge in [0.05, 0.1) is 28.9 Å². The Kier molecular flexibility index (Phi) is 7.46. The Morgan fingerprint density at radius 2 is 1.88 bits per heavy atom. The Hall–Kier alpha value is -3.25. The number of carbonyl (C=O) groups excluding carboxylic acids is 1. The zero-order valence-electron chi connectivity index (χ0n) is 17.8. The topological polar surface area (TPSA) is 69.3 Å². The molecule has 0 saturated carbocycles. The van der Waals surface area contributed by atoms with Gasteiger partial charge in [-0.15, -0.1) is 0 Å². The molecule has 0 radical (unpaired) electrons. The Balaban J connectivity index is 1.29. The summed E-state index contributed by atoms with van der Waals surface area (Å²) in [4.78, 5) is 16.7. The van der Waals surface area contributed by atoms with Crippen LogP contribution in [0.5, 0.6) is 5.75 Å². The molecule has 2 heterocycles. The summed E-state index contributed by atoms with van der Waals surface area (Å²) in [5, 5.41) is 3.50. The molecule has 0 aliphatic heterocycles. The number of aryl methyl sites for hydroxylation is 1. The van der Waals surface area contributed by atoms with Gasteiger partial charge in [-0.25, -0.2) is 4.98 Å². The smallest absolute Gasteiger partial charge is 0.286 e. The van der Waals surface area contributed by atoms with E-state index in [2.05, 4.69) is 16.0 Å². The summed E-state index contributed by atoms with van der Waals surface area (Å²) < 4.78 is 13.2. The van der Waals surface area contributed by atoms with Gasteiger partial charge in [0.15, 0.2) is 5.76 Å². The first-order chi connectivity index (χ1) is 15.7. The van der Waals surface area contributed by atoms with E-state index in [0.29, 0.717) is 36.2 Å². The van der Waals surface area contributed by atoms with Gasteiger partial charge in [-0.2, -0.15) is 0 Å². The second kappa shape index (κ2) is 10.9. The SMILES string of the molecule is O=C(NCCCCCc1nc2ccccc2n1CCOc1ccccc1Cl)c1ccco1. The second-order valence-electron chi connectivity index (χ2n) is 7.49. The maximum Gasteiger partial charge on any atom is 0.286 e. The number of amides is 1. The molecule has 0 saturated heterocycles. The molecule has 6 nitrogen and oxygen atoms in total. The largest absolute Gasteiger partial charge is 0.490 e. The van der Waals surface area contributed by atoms with Crippen LogP contribution in [0.4, 0.5) is 0 Å². The van der Waals surface area contributed by atoms with Crippen LogP contribution in [-0.2, 0) is 13.0 Å². The van der Waals surface area contributed by atoms with Crippen LogP contribution in [0.25, 0.3) is 11.0 Å². The molecule has 0 atom stereocenters. The molecule has 166 valence electrons. The number of imidazole rings is 1. The minimum absolute atomic E-state index is 0.171. The number of nitrogens with zero attached hydrogens (tertiary/aromatic N) is 2. The molecule has 32 heavy (non-hydrogen) atoms. The average molecular weight is 452 g/mol. The molecule has 1 N–H and O–H groups in total. The van der Waals surface area contributed by atoms with Crippen LogP contribution >= 0.6 is 11.6 Å². The summed E-state index contributed by atoms with van der Waals surface area (Å²) in [6.07, 6.45) is 5.26. The lowest BCUT2D eigenvalue weighted by Crippen LogP contribution is -2.23. The molecule has 7 heteroatoms. The van der Waals surface area contributed by atoms with Crippen LogP contribution in [0.1, 0.15) is 35.6 Å². The van der Waals surface area contributed by atoms with Gasteiger partial charge in [0.2, 0.25) is 0 Å². The molecule has 4 rings (SSSR count). The van der Waals surface area contributed by atoms with Crippen molar-refractivity contribution in [1.29, 1.82) is 0 Å². The maximum absolute atomic E-state index is 11.9. The molecule has 0 aliphatic rings. The van der Waals surface area contributed by atoms with Crippen LogP contribution in [0.2, 0.25) is 5.02 Å². The fourth-order valence-corrected chi connectivity index (χ4v) is 3.85. The third kappa shape index (κ3) is 5.51. The fourth-order valence-electron chi connectivity index (χ4n) is 3.66. The van der Waals surface area contributed by atoms with E-state index in [1.807, 2.05) is 42.5 Å². The first-order valence-corrected chi connectivity index (χ1v) is 11.2. The summed E-state index contributed by atoms with van der Waals surface area (Å²) in [6, 6.07) is 19.0. The molecule has 4 aromatic rings. The average Bonchev–Trinajstić information content (AvgIpc) is 3.46. The first kappa shape index (κ1) is 22.0. The highest BCUT2D eigenvalue weighted by Gasteiger charge is 2.11. The van der Waals surface area contributed by atoms with Gasteiger partial charge in [-0.05, 0) is 49.2 Å². The van der Waals surface area contributed by atoms with Crippen molar-refractivity contribution in [2.45, 2.75) is 32.2 Å². The highest BCUT2D eigenvalue weighted by molar-refractivity contribution is 6.32. The van der Waals surface area contributed by atoms with Gasteiger partial charge >= 0.3 is 0 Å². The molecule has 0 bridgehead atoms. The number of hydrogen-bond acceptors (Lipinski definition) is 4. The number of hydrogen-bond donors (Lipinski definition) is 1. The molecule has 0 unspecified atom stereocenters. The number of halogens is 1. The number of unbranched alkanes of at least 4 members (excludes halogenated alkanes) is 2. The second-order valence-corrected chi connectivity index (χ2v) is 7.90. The number of para-hydroxylation sites is 3. The highest BCUT2D eigenvalue weighted by atomic mass is 35.5. The van der Waals surface area contributed by atoms with Crippen molar-refractivity contribution >= 4 is 28.5 Å². The third-order valence-corrected chi connectivity index (χ3v) is 5.56. The number of fused-ring (bicyclic) bond motifs is 1. The lowest BCUT2D eigenvalue weighted by molar-refractivity contribution is 0.0925. The van der Waals surface area contributed by atoms with Crippen molar-refractivity contribution in [3.05, 3.63) is 83.5 Å². The molecule has 0 fully saturated rings. The quantitative estimate of drug-likeness (QED) is 0.305. The van der Waals surface area contributed by atoms with Crippen LogP contribution in [-0.4, -0.2) is 28.6 Å². The zero-order chi connectivity index (χ0) is 22.2. The van der Waals surface area contributed by atoms with Crippen LogP contribution in [0.15, 0.2) is 71.3 Å². The van der Waals surface area contributed by atoms with E-state index < -0.39 is 0 Å². The number of rotatable bonds is 11. The van der Waals surface area contributed by atoms with Crippen molar-refractivity contribution < 1.29 is 13.9 Å². The normalized spacial score (nSPS) is 11.0. The minimum Gasteiger partial charge on any atom is -0.490 e. The van der Waals surface area contributed by atoms with Gasteiger partial charge in [0.25, 0.3) is 5.91 Å². The van der Waals surface area contributed by atoms with E-state index >= 15 is 0 Å². The lowest BCUT2D eigenvalue weighted by Gasteiger charge is -2.12. The van der Waals surface area contributed by atoms with Crippen molar-refractivity contribution in [1.82, 2.24) is 14.9 Å². The van der Waals surface area contributed by atoms with Gasteiger partial charge in [0, 0.05) is 13.0 Å². The molecule has 2 aromatic heterocycles. The number of nitrogens with one attached hydrogen (secondary N) is 1. The molecule has 0 aliphatic carbocycles. The Bertz CT molecular complexity index is 1150. The van der Waals surface area contributed by atoms with E-state index in [-0.39, 0.29) is 5.91 Å². The summed E-state index contributed by atoms with van der Waals surface area (Å²) in [5.41, 5.74) is 2.10. The minimum atomic E-state index is -0.171. The molecular formula is C25H26ClN3O3. The summed E-state index contributed by atoms with van der Waals surface area (Å²) >= 11 is 6.19. The van der Waals surface area contributed by atoms with Gasteiger partial charge in [0.1, 0.15) is 18.2 Å². The van der Waals surface area contributed by atoms with Crippen LogP contribution < -0.4 is 10.1 Å². The predicted molar refractivity (Wildman–Crippen MR) is 125 cm³/mol. The number of carbonyl (C=O) groups is 1. The maximum atomic E-state index is 11.9. The van der Waals surface area contributed by atoms with E-state index in [0.717, 1.165) is 42.5 Å². The van der Waals surface area contributed by atoms with E-state index in [1.165, 1.54) is 6.26 Å². The highest BCUT2D eigenvalue weighted by Crippen LogP contribution is 2.23. The standard InChI is InChI=1S/C25H26ClN3O3/c26-19-9-3-6-12-22(19)32-18-16-29-21-11-5-4-10-20(21)28-24(29)14-2-1-7-15-27-25(30)23-13-8-17-31-23/h3-6,8-13,17H,1-2,7,14-16,18H2,(H,27,30). The van der Waals surface area contributed by atoms with Crippen molar-refractivity contribution in [3.8, 4) is 5.75 Å². The summed E-state index contributed by atoms with van der Waals surface area (Å²) in [7, 11) is 0. The van der Waals surface area contributed by atoms with E-state index in [4.69, 9.17) is 25.7 Å². The van der Waals surface area contributed by atoms with Crippen molar-refractivity contribution in [2.24, 2.45) is 0 Å². The molecule has 1 amide bonds. The van der Waals surface area contributed by atoms with Gasteiger partial charge in [-0.3, -0.25) is 4.79 Å². The predicted octanol–water partition coefficient (Wildman–Crippen LogP) is 5.50. The lowest BCUT2D eigenvalue weighted by atomic mass is 10.2. The van der Waals surface area contributed by atoms with Crippen molar-refractivity contribution in [3.63, 3.8) is 0 Å². The summed E-state index contributed by atoms with van der Waals surface area (Å²) in [5.74, 6) is 1.92. The fraction of sp³-hybridized carbons (Fsp3) is 0.280. The van der Waals surface area contributed by atoms with E-state index in [9.17, 15) is 4.79 Å². The number of furan rings is 1. The van der Waals surface area contributed by atoms with Crippen LogP contribution in [0, 0.1) is 0 Å². The molecule has 2 aromatic carbocycles.